The van der Waals surface area contributed by atoms with E-state index in [2.05, 4.69) is 25.7 Å². The number of nitrogens with zero attached hydrogens (tertiary/aromatic N) is 3. The van der Waals surface area contributed by atoms with Crippen LogP contribution in [0, 0.1) is 6.92 Å². The summed E-state index contributed by atoms with van der Waals surface area (Å²) in [6.45, 7) is 6.18. The first-order valence-corrected chi connectivity index (χ1v) is 12.8. The number of rotatable bonds is 10. The Morgan fingerprint density at radius 3 is 2.54 bits per heavy atom. The van der Waals surface area contributed by atoms with Gasteiger partial charge in [0.1, 0.15) is 12.4 Å². The number of nitrogens with one attached hydrogen (secondary N) is 2. The van der Waals surface area contributed by atoms with Crippen molar-refractivity contribution >= 4 is 28.8 Å². The number of ether oxygens (including phenoxy) is 1. The second kappa shape index (κ2) is 12.4. The predicted octanol–water partition coefficient (Wildman–Crippen LogP) is 4.28. The minimum absolute atomic E-state index is 0.0800. The molecule has 0 bridgehead atoms. The van der Waals surface area contributed by atoms with E-state index in [1.807, 2.05) is 31.2 Å². The highest BCUT2D eigenvalue weighted by atomic mass is 32.1. The number of anilines is 1. The first-order valence-electron chi connectivity index (χ1n) is 12.0. The zero-order chi connectivity index (χ0) is 24.5. The normalized spacial score (nSPS) is 13.9. The van der Waals surface area contributed by atoms with Crippen molar-refractivity contribution in [2.45, 2.75) is 39.2 Å². The molecule has 1 fully saturated rings. The minimum atomic E-state index is -0.297. The highest BCUT2D eigenvalue weighted by Crippen LogP contribution is 2.19. The fraction of sp³-hybridized carbons (Fsp3) is 0.385. The molecule has 1 aliphatic rings. The fourth-order valence-electron chi connectivity index (χ4n) is 3.93. The van der Waals surface area contributed by atoms with Crippen molar-refractivity contribution in [3.8, 4) is 5.75 Å². The summed E-state index contributed by atoms with van der Waals surface area (Å²) in [5, 5.41) is 14.7. The zero-order valence-corrected chi connectivity index (χ0v) is 20.8. The number of piperidine rings is 1. The molecule has 0 saturated carbocycles. The molecule has 0 radical (unpaired) electrons. The number of para-hydroxylation sites is 1. The molecule has 35 heavy (non-hydrogen) atoms. The molecule has 184 valence electrons. The van der Waals surface area contributed by atoms with Crippen LogP contribution in [0.3, 0.4) is 0 Å². The van der Waals surface area contributed by atoms with Crippen LogP contribution in [-0.4, -0.2) is 53.1 Å². The summed E-state index contributed by atoms with van der Waals surface area (Å²) >= 11 is 1.19. The van der Waals surface area contributed by atoms with Crippen LogP contribution >= 0.6 is 11.3 Å². The van der Waals surface area contributed by atoms with E-state index in [-0.39, 0.29) is 23.4 Å². The van der Waals surface area contributed by atoms with Gasteiger partial charge in [-0.1, -0.05) is 36.0 Å². The third-order valence-electron chi connectivity index (χ3n) is 5.92. The molecule has 2 amide bonds. The fourth-order valence-corrected chi connectivity index (χ4v) is 4.58. The van der Waals surface area contributed by atoms with Crippen LogP contribution < -0.4 is 15.4 Å². The average Bonchev–Trinajstić information content (AvgIpc) is 3.37. The van der Waals surface area contributed by atoms with Crippen molar-refractivity contribution in [1.82, 2.24) is 20.4 Å². The highest BCUT2D eigenvalue weighted by Gasteiger charge is 2.15. The molecule has 8 nitrogen and oxygen atoms in total. The van der Waals surface area contributed by atoms with Gasteiger partial charge < -0.3 is 20.3 Å². The first kappa shape index (κ1) is 24.8. The summed E-state index contributed by atoms with van der Waals surface area (Å²) in [6.07, 6.45) is 4.86. The van der Waals surface area contributed by atoms with Gasteiger partial charge in [0.05, 0.1) is 0 Å². The number of likely N-dealkylation sites (tertiary alicyclic amines) is 1. The van der Waals surface area contributed by atoms with E-state index in [0.717, 1.165) is 24.2 Å². The lowest BCUT2D eigenvalue weighted by Crippen LogP contribution is -2.33. The molecule has 1 saturated heterocycles. The molecule has 0 unspecified atom stereocenters. The number of carbonyl (C=O) groups excluding carboxylic acids is 2. The third kappa shape index (κ3) is 7.34. The Hall–Kier alpha value is -3.30. The van der Waals surface area contributed by atoms with E-state index in [9.17, 15) is 9.59 Å². The highest BCUT2D eigenvalue weighted by molar-refractivity contribution is 7.13. The number of aromatic nitrogens is 2. The quantitative estimate of drug-likeness (QED) is 0.409. The van der Waals surface area contributed by atoms with Crippen molar-refractivity contribution in [1.29, 1.82) is 0 Å². The number of carbonyl (C=O) groups is 2. The second-order valence-electron chi connectivity index (χ2n) is 8.59. The maximum Gasteiger partial charge on any atom is 0.286 e. The van der Waals surface area contributed by atoms with E-state index in [1.54, 1.807) is 24.3 Å². The summed E-state index contributed by atoms with van der Waals surface area (Å²) in [6, 6.07) is 14.6. The van der Waals surface area contributed by atoms with Crippen LogP contribution in [0.4, 0.5) is 5.69 Å². The Bertz CT molecular complexity index is 1130. The third-order valence-corrected chi connectivity index (χ3v) is 6.81. The lowest BCUT2D eigenvalue weighted by Gasteiger charge is -2.26. The van der Waals surface area contributed by atoms with Gasteiger partial charge in [-0.25, -0.2) is 0 Å². The summed E-state index contributed by atoms with van der Waals surface area (Å²) in [7, 11) is 0. The van der Waals surface area contributed by atoms with Crippen molar-refractivity contribution in [2.24, 2.45) is 0 Å². The molecule has 1 aromatic heterocycles. The SMILES string of the molecule is Cc1ccccc1NC(=O)c1nnc(COc2ccc(C(=O)NCCCN3CCCCC3)cc2)s1. The van der Waals surface area contributed by atoms with Crippen LogP contribution in [0.2, 0.25) is 0 Å². The smallest absolute Gasteiger partial charge is 0.286 e. The number of hydrogen-bond donors (Lipinski definition) is 2. The maximum atomic E-state index is 12.4. The summed E-state index contributed by atoms with van der Waals surface area (Å²) in [5.41, 5.74) is 2.32. The second-order valence-corrected chi connectivity index (χ2v) is 9.66. The molecule has 1 aliphatic heterocycles. The molecule has 9 heteroatoms. The van der Waals surface area contributed by atoms with Gasteiger partial charge in [0.15, 0.2) is 5.01 Å². The Morgan fingerprint density at radius 2 is 1.77 bits per heavy atom. The van der Waals surface area contributed by atoms with Crippen LogP contribution in [0.5, 0.6) is 5.75 Å². The molecule has 2 N–H and O–H groups in total. The summed E-state index contributed by atoms with van der Waals surface area (Å²) in [5.74, 6) is 0.241. The van der Waals surface area contributed by atoms with Gasteiger partial charge >= 0.3 is 0 Å². The molecule has 3 aromatic rings. The van der Waals surface area contributed by atoms with Gasteiger partial charge in [0.2, 0.25) is 5.01 Å². The van der Waals surface area contributed by atoms with Gasteiger partial charge in [0, 0.05) is 17.8 Å². The van der Waals surface area contributed by atoms with Crippen molar-refractivity contribution in [3.05, 3.63) is 69.7 Å². The topological polar surface area (TPSA) is 96.5 Å². The van der Waals surface area contributed by atoms with Gasteiger partial charge in [-0.15, -0.1) is 10.2 Å². The van der Waals surface area contributed by atoms with Crippen LogP contribution in [0.1, 0.15) is 56.4 Å². The number of amides is 2. The van der Waals surface area contributed by atoms with E-state index in [1.165, 1.54) is 43.7 Å². The Morgan fingerprint density at radius 1 is 1.00 bits per heavy atom. The molecule has 2 aromatic carbocycles. The predicted molar refractivity (Wildman–Crippen MR) is 137 cm³/mol. The molecule has 4 rings (SSSR count). The molecule has 0 aliphatic carbocycles. The van der Waals surface area contributed by atoms with E-state index in [0.29, 0.717) is 22.9 Å². The Balaban J connectivity index is 1.20. The monoisotopic (exact) mass is 493 g/mol. The van der Waals surface area contributed by atoms with Gasteiger partial charge in [0.25, 0.3) is 11.8 Å². The number of benzene rings is 2. The van der Waals surface area contributed by atoms with Crippen LogP contribution in [-0.2, 0) is 6.61 Å². The molecule has 0 spiro atoms. The Labute approximate surface area is 209 Å². The van der Waals surface area contributed by atoms with Gasteiger partial charge in [-0.2, -0.15) is 0 Å². The summed E-state index contributed by atoms with van der Waals surface area (Å²) in [4.78, 5) is 27.3. The van der Waals surface area contributed by atoms with Crippen LogP contribution in [0.15, 0.2) is 48.5 Å². The minimum Gasteiger partial charge on any atom is -0.486 e. The van der Waals surface area contributed by atoms with E-state index in [4.69, 9.17) is 4.74 Å². The van der Waals surface area contributed by atoms with Gasteiger partial charge in [-0.3, -0.25) is 9.59 Å². The maximum absolute atomic E-state index is 12.4. The summed E-state index contributed by atoms with van der Waals surface area (Å²) < 4.78 is 5.76. The van der Waals surface area contributed by atoms with Crippen molar-refractivity contribution in [2.75, 3.05) is 31.5 Å². The average molecular weight is 494 g/mol. The van der Waals surface area contributed by atoms with Gasteiger partial charge in [-0.05, 0) is 81.7 Å². The largest absolute Gasteiger partial charge is 0.486 e. The van der Waals surface area contributed by atoms with E-state index >= 15 is 0 Å². The van der Waals surface area contributed by atoms with Crippen molar-refractivity contribution in [3.63, 3.8) is 0 Å². The number of hydrogen-bond acceptors (Lipinski definition) is 7. The molecular formula is C26H31N5O3S. The first-order chi connectivity index (χ1) is 17.1. The Kier molecular flexibility index (Phi) is 8.80. The van der Waals surface area contributed by atoms with E-state index < -0.39 is 0 Å². The zero-order valence-electron chi connectivity index (χ0n) is 20.0. The lowest BCUT2D eigenvalue weighted by molar-refractivity contribution is 0.0950. The molecule has 0 atom stereocenters. The lowest BCUT2D eigenvalue weighted by atomic mass is 10.1. The van der Waals surface area contributed by atoms with Crippen molar-refractivity contribution < 1.29 is 14.3 Å². The van der Waals surface area contributed by atoms with Crippen LogP contribution in [0.25, 0.3) is 0 Å². The molecule has 2 heterocycles. The number of aryl methyl sites for hydroxylation is 1. The standard InChI is InChI=1S/C26H31N5O3S/c1-19-8-3-4-9-22(19)28-25(33)26-30-29-23(35-26)18-34-21-12-10-20(11-13-21)24(32)27-14-7-17-31-15-5-2-6-16-31/h3-4,8-13H,2,5-7,14-18H2,1H3,(H,27,32)(H,28,33). The molecular weight excluding hydrogens is 462 g/mol.